The van der Waals surface area contributed by atoms with E-state index in [0.29, 0.717) is 12.2 Å². The van der Waals surface area contributed by atoms with Gasteiger partial charge in [-0.2, -0.15) is 0 Å². The first-order chi connectivity index (χ1) is 8.50. The lowest BCUT2D eigenvalue weighted by atomic mass is 10.2. The third-order valence-electron chi connectivity index (χ3n) is 1.96. The molecule has 0 heterocycles. The highest BCUT2D eigenvalue weighted by molar-refractivity contribution is 6.30. The summed E-state index contributed by atoms with van der Waals surface area (Å²) in [6.07, 6.45) is 0. The highest BCUT2D eigenvalue weighted by atomic mass is 35.5. The van der Waals surface area contributed by atoms with Gasteiger partial charge in [-0.25, -0.2) is 0 Å². The summed E-state index contributed by atoms with van der Waals surface area (Å²) in [6.45, 7) is 0.350. The number of nitro groups is 1. The second-order valence-electron chi connectivity index (χ2n) is 3.36. The van der Waals surface area contributed by atoms with Gasteiger partial charge in [-0.1, -0.05) is 11.6 Å². The molecule has 0 aliphatic heterocycles. The Morgan fingerprint density at radius 1 is 1.56 bits per heavy atom. The normalized spacial score (nSPS) is 10.1. The van der Waals surface area contributed by atoms with Gasteiger partial charge < -0.3 is 15.8 Å². The molecule has 1 aromatic carbocycles. The van der Waals surface area contributed by atoms with Crippen molar-refractivity contribution in [3.8, 4) is 0 Å². The van der Waals surface area contributed by atoms with Gasteiger partial charge in [0.05, 0.1) is 11.5 Å². The van der Waals surface area contributed by atoms with Crippen molar-refractivity contribution in [1.82, 2.24) is 0 Å². The van der Waals surface area contributed by atoms with E-state index in [2.05, 4.69) is 5.32 Å². The summed E-state index contributed by atoms with van der Waals surface area (Å²) in [7, 11) is 0. The van der Waals surface area contributed by atoms with Crippen LogP contribution in [0.15, 0.2) is 18.2 Å². The van der Waals surface area contributed by atoms with Crippen molar-refractivity contribution in [2.45, 2.75) is 0 Å². The van der Waals surface area contributed by atoms with Crippen LogP contribution < -0.4 is 11.1 Å². The van der Waals surface area contributed by atoms with E-state index in [1.54, 1.807) is 6.07 Å². The monoisotopic (exact) mass is 273 g/mol. The molecule has 0 saturated carbocycles. The second kappa shape index (κ2) is 6.77. The number of nitro benzene ring substituents is 1. The minimum absolute atomic E-state index is 0.114. The Morgan fingerprint density at radius 2 is 2.28 bits per heavy atom. The standard InChI is InChI=1S/C10H12ClN3O4/c11-7-1-2-8(9(5-7)14(16)17)13-3-4-18-6-10(12)15/h1-2,5,13H,3-4,6H2,(H2,12,15). The largest absolute Gasteiger partial charge is 0.377 e. The van der Waals surface area contributed by atoms with Crippen molar-refractivity contribution < 1.29 is 14.5 Å². The van der Waals surface area contributed by atoms with Gasteiger partial charge in [0.15, 0.2) is 0 Å². The molecule has 0 aliphatic carbocycles. The molecule has 3 N–H and O–H groups in total. The molecule has 0 aromatic heterocycles. The molecular formula is C10H12ClN3O4. The molecule has 98 valence electrons. The second-order valence-corrected chi connectivity index (χ2v) is 3.80. The molecule has 0 radical (unpaired) electrons. The van der Waals surface area contributed by atoms with Gasteiger partial charge in [0.25, 0.3) is 5.69 Å². The minimum atomic E-state index is -0.563. The van der Waals surface area contributed by atoms with Gasteiger partial charge in [-0.05, 0) is 12.1 Å². The fourth-order valence-electron chi connectivity index (χ4n) is 1.24. The summed E-state index contributed by atoms with van der Waals surface area (Å²) >= 11 is 5.67. The Hall–Kier alpha value is -1.86. The maximum atomic E-state index is 10.8. The van der Waals surface area contributed by atoms with Crippen LogP contribution in [0.3, 0.4) is 0 Å². The Morgan fingerprint density at radius 3 is 2.89 bits per heavy atom. The van der Waals surface area contributed by atoms with Crippen molar-refractivity contribution in [2.75, 3.05) is 25.1 Å². The van der Waals surface area contributed by atoms with Gasteiger partial charge in [0.1, 0.15) is 12.3 Å². The number of nitrogens with zero attached hydrogens (tertiary/aromatic N) is 1. The van der Waals surface area contributed by atoms with E-state index in [4.69, 9.17) is 22.1 Å². The van der Waals surface area contributed by atoms with Crippen molar-refractivity contribution in [3.05, 3.63) is 33.3 Å². The lowest BCUT2D eigenvalue weighted by Gasteiger charge is -2.07. The zero-order valence-electron chi connectivity index (χ0n) is 9.39. The molecule has 7 nitrogen and oxygen atoms in total. The number of hydrogen-bond donors (Lipinski definition) is 2. The summed E-state index contributed by atoms with van der Waals surface area (Å²) < 4.78 is 4.91. The molecule has 0 atom stereocenters. The minimum Gasteiger partial charge on any atom is -0.377 e. The summed E-state index contributed by atoms with van der Waals surface area (Å²) in [5.41, 5.74) is 5.10. The predicted octanol–water partition coefficient (Wildman–Crippen LogP) is 1.16. The summed E-state index contributed by atoms with van der Waals surface area (Å²) in [5.74, 6) is -0.563. The number of hydrogen-bond acceptors (Lipinski definition) is 5. The molecule has 1 aromatic rings. The van der Waals surface area contributed by atoms with E-state index < -0.39 is 10.8 Å². The summed E-state index contributed by atoms with van der Waals surface area (Å²) in [5, 5.41) is 13.9. The van der Waals surface area contributed by atoms with E-state index in [9.17, 15) is 14.9 Å². The third kappa shape index (κ3) is 4.56. The van der Waals surface area contributed by atoms with Crippen molar-refractivity contribution in [3.63, 3.8) is 0 Å². The molecule has 0 aliphatic rings. The van der Waals surface area contributed by atoms with Crippen molar-refractivity contribution in [2.24, 2.45) is 5.73 Å². The zero-order chi connectivity index (χ0) is 13.5. The molecule has 1 rings (SSSR count). The smallest absolute Gasteiger partial charge is 0.293 e. The maximum Gasteiger partial charge on any atom is 0.293 e. The van der Waals surface area contributed by atoms with E-state index >= 15 is 0 Å². The number of benzene rings is 1. The van der Waals surface area contributed by atoms with E-state index in [0.717, 1.165) is 0 Å². The van der Waals surface area contributed by atoms with Crippen LogP contribution in [0, 0.1) is 10.1 Å². The Labute approximate surface area is 108 Å². The van der Waals surface area contributed by atoms with Crippen molar-refractivity contribution >= 4 is 28.9 Å². The van der Waals surface area contributed by atoms with Crippen LogP contribution in [0.5, 0.6) is 0 Å². The number of halogens is 1. The van der Waals surface area contributed by atoms with Gasteiger partial charge in [-0.15, -0.1) is 0 Å². The van der Waals surface area contributed by atoms with Crippen molar-refractivity contribution in [1.29, 1.82) is 0 Å². The molecule has 1 amide bonds. The average Bonchev–Trinajstić information content (AvgIpc) is 2.29. The first kappa shape index (κ1) is 14.2. The summed E-state index contributed by atoms with van der Waals surface area (Å²) in [6, 6.07) is 4.31. The Kier molecular flexibility index (Phi) is 5.34. The number of anilines is 1. The molecule has 0 saturated heterocycles. The number of rotatable bonds is 7. The molecule has 0 bridgehead atoms. The van der Waals surface area contributed by atoms with E-state index in [1.165, 1.54) is 12.1 Å². The van der Waals surface area contributed by atoms with Gasteiger partial charge in [0.2, 0.25) is 5.91 Å². The zero-order valence-corrected chi connectivity index (χ0v) is 10.1. The van der Waals surface area contributed by atoms with Gasteiger partial charge in [0, 0.05) is 17.6 Å². The third-order valence-corrected chi connectivity index (χ3v) is 2.20. The predicted molar refractivity (Wildman–Crippen MR) is 66.6 cm³/mol. The van der Waals surface area contributed by atoms with Crippen LogP contribution in [0.25, 0.3) is 0 Å². The SMILES string of the molecule is NC(=O)COCCNc1ccc(Cl)cc1[N+](=O)[O-]. The number of nitrogens with one attached hydrogen (secondary N) is 1. The molecule has 18 heavy (non-hydrogen) atoms. The number of ether oxygens (including phenoxy) is 1. The number of nitrogens with two attached hydrogens (primary N) is 1. The van der Waals surface area contributed by atoms with Crippen LogP contribution in [0.4, 0.5) is 11.4 Å². The van der Waals surface area contributed by atoms with Gasteiger partial charge >= 0.3 is 0 Å². The highest BCUT2D eigenvalue weighted by Crippen LogP contribution is 2.27. The topological polar surface area (TPSA) is 107 Å². The molecule has 0 unspecified atom stereocenters. The number of carbonyl (C=O) groups is 1. The fraction of sp³-hybridized carbons (Fsp3) is 0.300. The maximum absolute atomic E-state index is 10.8. The van der Waals surface area contributed by atoms with E-state index in [-0.39, 0.29) is 23.9 Å². The lowest BCUT2D eigenvalue weighted by Crippen LogP contribution is -2.20. The lowest BCUT2D eigenvalue weighted by molar-refractivity contribution is -0.383. The first-order valence-corrected chi connectivity index (χ1v) is 5.42. The molecular weight excluding hydrogens is 262 g/mol. The fourth-order valence-corrected chi connectivity index (χ4v) is 1.40. The molecule has 0 spiro atoms. The average molecular weight is 274 g/mol. The Balaban J connectivity index is 2.51. The molecule has 0 fully saturated rings. The van der Waals surface area contributed by atoms with Gasteiger partial charge in [-0.3, -0.25) is 14.9 Å². The quantitative estimate of drug-likeness (QED) is 0.440. The Bertz CT molecular complexity index is 453. The van der Waals surface area contributed by atoms with Crippen LogP contribution in [0.1, 0.15) is 0 Å². The number of primary amides is 1. The highest BCUT2D eigenvalue weighted by Gasteiger charge is 2.13. The number of amides is 1. The van der Waals surface area contributed by atoms with Crippen LogP contribution in [-0.4, -0.2) is 30.6 Å². The van der Waals surface area contributed by atoms with E-state index in [1.807, 2.05) is 0 Å². The molecule has 8 heteroatoms. The van der Waals surface area contributed by atoms with Crippen LogP contribution in [0.2, 0.25) is 5.02 Å². The first-order valence-electron chi connectivity index (χ1n) is 5.04. The summed E-state index contributed by atoms with van der Waals surface area (Å²) in [4.78, 5) is 20.6. The van der Waals surface area contributed by atoms with Crippen LogP contribution >= 0.6 is 11.6 Å². The number of carbonyl (C=O) groups excluding carboxylic acids is 1. The van der Waals surface area contributed by atoms with Crippen LogP contribution in [-0.2, 0) is 9.53 Å².